The van der Waals surface area contributed by atoms with Crippen molar-refractivity contribution >= 4 is 5.97 Å². The SMILES string of the molecule is CC.CC(=O)OCc1ccc(C)cc1. The van der Waals surface area contributed by atoms with Gasteiger partial charge in [-0.3, -0.25) is 4.79 Å². The summed E-state index contributed by atoms with van der Waals surface area (Å²) in [4.78, 5) is 10.5. The fourth-order valence-corrected chi connectivity index (χ4v) is 0.869. The fourth-order valence-electron chi connectivity index (χ4n) is 0.869. The molecule has 78 valence electrons. The van der Waals surface area contributed by atoms with E-state index in [0.29, 0.717) is 6.61 Å². The van der Waals surface area contributed by atoms with Crippen molar-refractivity contribution in [3.8, 4) is 0 Å². The Hall–Kier alpha value is -1.31. The Balaban J connectivity index is 0.000000791. The third-order valence-corrected chi connectivity index (χ3v) is 1.56. The van der Waals surface area contributed by atoms with Gasteiger partial charge in [-0.25, -0.2) is 0 Å². The molecule has 0 aliphatic heterocycles. The number of hydrogen-bond donors (Lipinski definition) is 0. The molecular weight excluding hydrogens is 176 g/mol. The molecule has 0 fully saturated rings. The predicted molar refractivity (Wildman–Crippen MR) is 58.0 cm³/mol. The summed E-state index contributed by atoms with van der Waals surface area (Å²) in [5.41, 5.74) is 2.23. The first kappa shape index (κ1) is 12.7. The Bertz CT molecular complexity index is 262. The van der Waals surface area contributed by atoms with Gasteiger partial charge in [-0.05, 0) is 12.5 Å². The summed E-state index contributed by atoms with van der Waals surface area (Å²) in [6.45, 7) is 7.80. The van der Waals surface area contributed by atoms with Crippen LogP contribution >= 0.6 is 0 Å². The molecule has 2 heteroatoms. The van der Waals surface area contributed by atoms with Gasteiger partial charge < -0.3 is 4.74 Å². The topological polar surface area (TPSA) is 26.3 Å². The van der Waals surface area contributed by atoms with Gasteiger partial charge in [0.05, 0.1) is 0 Å². The van der Waals surface area contributed by atoms with E-state index in [2.05, 4.69) is 0 Å². The van der Waals surface area contributed by atoms with Crippen LogP contribution < -0.4 is 0 Å². The van der Waals surface area contributed by atoms with E-state index < -0.39 is 0 Å². The second-order valence-corrected chi connectivity index (χ2v) is 2.77. The maximum absolute atomic E-state index is 10.5. The number of ether oxygens (including phenoxy) is 1. The van der Waals surface area contributed by atoms with E-state index in [-0.39, 0.29) is 5.97 Å². The molecule has 2 nitrogen and oxygen atoms in total. The van der Waals surface area contributed by atoms with E-state index in [9.17, 15) is 4.79 Å². The summed E-state index contributed by atoms with van der Waals surface area (Å²) in [7, 11) is 0. The Morgan fingerprint density at radius 1 is 1.21 bits per heavy atom. The van der Waals surface area contributed by atoms with Crippen LogP contribution in [-0.4, -0.2) is 5.97 Å². The van der Waals surface area contributed by atoms with Crippen LogP contribution in [0.15, 0.2) is 24.3 Å². The molecule has 0 N–H and O–H groups in total. The van der Waals surface area contributed by atoms with Crippen LogP contribution in [-0.2, 0) is 16.1 Å². The van der Waals surface area contributed by atoms with Crippen molar-refractivity contribution in [2.24, 2.45) is 0 Å². The Morgan fingerprint density at radius 2 is 1.71 bits per heavy atom. The fraction of sp³-hybridized carbons (Fsp3) is 0.417. The van der Waals surface area contributed by atoms with E-state index in [1.54, 1.807) is 0 Å². The van der Waals surface area contributed by atoms with Gasteiger partial charge >= 0.3 is 5.97 Å². The van der Waals surface area contributed by atoms with Gasteiger partial charge in [0.1, 0.15) is 6.61 Å². The van der Waals surface area contributed by atoms with Gasteiger partial charge in [0.25, 0.3) is 0 Å². The van der Waals surface area contributed by atoms with Crippen molar-refractivity contribution < 1.29 is 9.53 Å². The summed E-state index contributed by atoms with van der Waals surface area (Å²) in [5.74, 6) is -0.240. The molecule has 1 aromatic carbocycles. The molecule has 0 spiro atoms. The molecule has 0 aliphatic rings. The van der Waals surface area contributed by atoms with E-state index in [1.165, 1.54) is 12.5 Å². The van der Waals surface area contributed by atoms with Gasteiger partial charge in [-0.15, -0.1) is 0 Å². The quantitative estimate of drug-likeness (QED) is 0.676. The highest BCUT2D eigenvalue weighted by Gasteiger charge is 1.94. The van der Waals surface area contributed by atoms with Crippen molar-refractivity contribution in [3.63, 3.8) is 0 Å². The zero-order valence-corrected chi connectivity index (χ0v) is 9.33. The number of esters is 1. The van der Waals surface area contributed by atoms with Gasteiger partial charge in [0, 0.05) is 6.92 Å². The number of aryl methyl sites for hydroxylation is 1. The standard InChI is InChI=1S/C10H12O2.C2H6/c1-8-3-5-10(6-4-8)7-12-9(2)11;1-2/h3-6H,7H2,1-2H3;1-2H3. The van der Waals surface area contributed by atoms with Crippen LogP contribution in [0.4, 0.5) is 0 Å². The van der Waals surface area contributed by atoms with E-state index in [1.807, 2.05) is 45.0 Å². The van der Waals surface area contributed by atoms with Crippen LogP contribution in [0.5, 0.6) is 0 Å². The summed E-state index contributed by atoms with van der Waals surface area (Å²) in [6.07, 6.45) is 0. The first-order valence-corrected chi connectivity index (χ1v) is 4.87. The Labute approximate surface area is 85.9 Å². The van der Waals surface area contributed by atoms with Crippen molar-refractivity contribution in [2.45, 2.75) is 34.3 Å². The minimum absolute atomic E-state index is 0.240. The summed E-state index contributed by atoms with van der Waals surface area (Å²) in [5, 5.41) is 0. The molecule has 0 saturated carbocycles. The lowest BCUT2D eigenvalue weighted by Gasteiger charge is -2.01. The third-order valence-electron chi connectivity index (χ3n) is 1.56. The lowest BCUT2D eigenvalue weighted by Crippen LogP contribution is -1.98. The van der Waals surface area contributed by atoms with E-state index in [4.69, 9.17) is 4.74 Å². The summed E-state index contributed by atoms with van der Waals surface area (Å²) < 4.78 is 4.83. The summed E-state index contributed by atoms with van der Waals surface area (Å²) in [6, 6.07) is 7.91. The van der Waals surface area contributed by atoms with Crippen LogP contribution in [0, 0.1) is 6.92 Å². The molecule has 0 atom stereocenters. The van der Waals surface area contributed by atoms with Crippen LogP contribution in [0.2, 0.25) is 0 Å². The molecule has 0 amide bonds. The second-order valence-electron chi connectivity index (χ2n) is 2.77. The first-order valence-electron chi connectivity index (χ1n) is 4.87. The first-order chi connectivity index (χ1) is 6.68. The third kappa shape index (κ3) is 5.36. The average molecular weight is 194 g/mol. The number of carbonyl (C=O) groups excluding carboxylic acids is 1. The van der Waals surface area contributed by atoms with Gasteiger partial charge in [-0.1, -0.05) is 43.7 Å². The number of rotatable bonds is 2. The lowest BCUT2D eigenvalue weighted by atomic mass is 10.2. The van der Waals surface area contributed by atoms with Crippen molar-refractivity contribution in [1.29, 1.82) is 0 Å². The van der Waals surface area contributed by atoms with Crippen LogP contribution in [0.3, 0.4) is 0 Å². The number of hydrogen-bond acceptors (Lipinski definition) is 2. The normalized spacial score (nSPS) is 8.57. The minimum Gasteiger partial charge on any atom is -0.461 e. The molecule has 0 unspecified atom stereocenters. The molecule has 0 radical (unpaired) electrons. The zero-order valence-electron chi connectivity index (χ0n) is 9.33. The summed E-state index contributed by atoms with van der Waals surface area (Å²) >= 11 is 0. The molecular formula is C12H18O2. The molecule has 0 heterocycles. The highest BCUT2D eigenvalue weighted by molar-refractivity contribution is 5.65. The number of carbonyl (C=O) groups is 1. The largest absolute Gasteiger partial charge is 0.461 e. The van der Waals surface area contributed by atoms with E-state index in [0.717, 1.165) is 5.56 Å². The predicted octanol–water partition coefficient (Wildman–Crippen LogP) is 3.08. The van der Waals surface area contributed by atoms with E-state index >= 15 is 0 Å². The average Bonchev–Trinajstić information content (AvgIpc) is 2.20. The monoisotopic (exact) mass is 194 g/mol. The zero-order chi connectivity index (χ0) is 11.0. The van der Waals surface area contributed by atoms with Gasteiger partial charge in [0.15, 0.2) is 0 Å². The van der Waals surface area contributed by atoms with Crippen LogP contribution in [0.25, 0.3) is 0 Å². The Kier molecular flexibility index (Phi) is 6.46. The van der Waals surface area contributed by atoms with Crippen molar-refractivity contribution in [1.82, 2.24) is 0 Å². The molecule has 0 aromatic heterocycles. The molecule has 0 bridgehead atoms. The lowest BCUT2D eigenvalue weighted by molar-refractivity contribution is -0.142. The maximum atomic E-state index is 10.5. The van der Waals surface area contributed by atoms with Crippen LogP contribution in [0.1, 0.15) is 31.9 Å². The molecule has 14 heavy (non-hydrogen) atoms. The minimum atomic E-state index is -0.240. The molecule has 1 aromatic rings. The second kappa shape index (κ2) is 7.13. The smallest absolute Gasteiger partial charge is 0.302 e. The molecule has 0 saturated heterocycles. The maximum Gasteiger partial charge on any atom is 0.302 e. The van der Waals surface area contributed by atoms with Gasteiger partial charge in [0.2, 0.25) is 0 Å². The number of benzene rings is 1. The molecule has 1 rings (SSSR count). The highest BCUT2D eigenvalue weighted by Crippen LogP contribution is 2.04. The Morgan fingerprint density at radius 3 is 2.14 bits per heavy atom. The van der Waals surface area contributed by atoms with Gasteiger partial charge in [-0.2, -0.15) is 0 Å². The van der Waals surface area contributed by atoms with Crippen molar-refractivity contribution in [2.75, 3.05) is 0 Å². The molecule has 0 aliphatic carbocycles. The highest BCUT2D eigenvalue weighted by atomic mass is 16.5. The van der Waals surface area contributed by atoms with Crippen molar-refractivity contribution in [3.05, 3.63) is 35.4 Å².